The van der Waals surface area contributed by atoms with Crippen LogP contribution < -0.4 is 5.32 Å². The first-order valence-corrected chi connectivity index (χ1v) is 24.9. The van der Waals surface area contributed by atoms with E-state index in [4.69, 9.17) is 0 Å². The van der Waals surface area contributed by atoms with Crippen molar-refractivity contribution in [2.75, 3.05) is 6.61 Å². The fraction of sp³-hybridized carbons (Fsp3) is 0.940. The molecule has 1 amide bonds. The van der Waals surface area contributed by atoms with Gasteiger partial charge in [0.15, 0.2) is 0 Å². The molecule has 0 aliphatic carbocycles. The summed E-state index contributed by atoms with van der Waals surface area (Å²) in [5.74, 6) is -0.0576. The highest BCUT2D eigenvalue weighted by Gasteiger charge is 2.18. The third kappa shape index (κ3) is 42.3. The highest BCUT2D eigenvalue weighted by molar-refractivity contribution is 5.76. The van der Waals surface area contributed by atoms with Crippen LogP contribution in [0.15, 0.2) is 12.2 Å². The number of aliphatic hydroxyl groups is 2. The largest absolute Gasteiger partial charge is 0.394 e. The van der Waals surface area contributed by atoms with Gasteiger partial charge in [-0.05, 0) is 19.3 Å². The van der Waals surface area contributed by atoms with Crippen LogP contribution in [0.5, 0.6) is 0 Å². The minimum absolute atomic E-state index is 0.0576. The summed E-state index contributed by atoms with van der Waals surface area (Å²) in [4.78, 5) is 12.4. The molecule has 0 rings (SSSR count). The molecule has 0 heterocycles. The van der Waals surface area contributed by atoms with Gasteiger partial charge in [-0.15, -0.1) is 0 Å². The minimum atomic E-state index is -0.834. The summed E-state index contributed by atoms with van der Waals surface area (Å²) in [6.07, 6.45) is 59.2. The summed E-state index contributed by atoms with van der Waals surface area (Å²) in [6.45, 7) is 4.34. The van der Waals surface area contributed by atoms with Crippen LogP contribution in [-0.4, -0.2) is 34.9 Å². The van der Waals surface area contributed by atoms with Crippen molar-refractivity contribution >= 4 is 5.91 Å². The van der Waals surface area contributed by atoms with E-state index in [1.807, 2.05) is 6.08 Å². The monoisotopic (exact) mass is 762 g/mol. The quantitative estimate of drug-likeness (QED) is 0.0427. The Morgan fingerprint density at radius 2 is 0.685 bits per heavy atom. The van der Waals surface area contributed by atoms with E-state index in [-0.39, 0.29) is 12.5 Å². The molecule has 322 valence electrons. The number of allylic oxidation sites excluding steroid dienone is 1. The number of amides is 1. The summed E-state index contributed by atoms with van der Waals surface area (Å²) in [7, 11) is 0. The maximum absolute atomic E-state index is 12.4. The van der Waals surface area contributed by atoms with E-state index in [0.29, 0.717) is 6.42 Å². The molecule has 0 aromatic rings. The number of hydrogen-bond donors (Lipinski definition) is 3. The first-order chi connectivity index (χ1) is 26.7. The molecule has 0 aromatic heterocycles. The summed E-state index contributed by atoms with van der Waals surface area (Å²) in [5.41, 5.74) is 0. The van der Waals surface area contributed by atoms with Crippen LogP contribution in [0.2, 0.25) is 0 Å². The summed E-state index contributed by atoms with van der Waals surface area (Å²) < 4.78 is 0. The molecule has 0 spiro atoms. The van der Waals surface area contributed by atoms with Crippen LogP contribution in [-0.2, 0) is 4.79 Å². The van der Waals surface area contributed by atoms with Gasteiger partial charge in [-0.2, -0.15) is 0 Å². The number of hydrogen-bond acceptors (Lipinski definition) is 3. The lowest BCUT2D eigenvalue weighted by Gasteiger charge is -2.20. The Labute approximate surface area is 339 Å². The highest BCUT2D eigenvalue weighted by Crippen LogP contribution is 2.17. The fourth-order valence-corrected chi connectivity index (χ4v) is 7.95. The standard InChI is InChI=1S/C50H99NO3/c1-3-5-7-9-11-13-15-17-19-21-22-23-24-25-26-27-28-29-30-32-34-36-38-40-42-44-46-50(54)51-48(47-52)49(53)45-43-41-39-37-35-33-31-20-18-16-14-12-10-8-6-4-2/h43,45,48-49,52-53H,3-42,44,46-47H2,1-2H3,(H,51,54)/b45-43+/t48-,49+/m0/s1. The number of unbranched alkanes of at least 4 members (excludes halogenated alkanes) is 39. The Kier molecular flexibility index (Phi) is 45.8. The first kappa shape index (κ1) is 53.1. The highest BCUT2D eigenvalue weighted by atomic mass is 16.3. The molecule has 0 fully saturated rings. The fourth-order valence-electron chi connectivity index (χ4n) is 7.95. The molecule has 3 N–H and O–H groups in total. The molecule has 0 aliphatic rings. The predicted octanol–water partition coefficient (Wildman–Crippen LogP) is 15.8. The van der Waals surface area contributed by atoms with Crippen molar-refractivity contribution in [1.29, 1.82) is 0 Å². The van der Waals surface area contributed by atoms with E-state index in [2.05, 4.69) is 19.2 Å². The van der Waals surface area contributed by atoms with Crippen LogP contribution in [0.3, 0.4) is 0 Å². The van der Waals surface area contributed by atoms with Crippen molar-refractivity contribution < 1.29 is 15.0 Å². The van der Waals surface area contributed by atoms with Gasteiger partial charge in [0.1, 0.15) is 0 Å². The van der Waals surface area contributed by atoms with E-state index in [1.54, 1.807) is 6.08 Å². The van der Waals surface area contributed by atoms with Crippen molar-refractivity contribution in [2.24, 2.45) is 0 Å². The Morgan fingerprint density at radius 3 is 0.963 bits per heavy atom. The van der Waals surface area contributed by atoms with E-state index >= 15 is 0 Å². The second kappa shape index (κ2) is 46.5. The summed E-state index contributed by atoms with van der Waals surface area (Å²) >= 11 is 0. The molecule has 0 saturated carbocycles. The van der Waals surface area contributed by atoms with E-state index in [9.17, 15) is 15.0 Å². The van der Waals surface area contributed by atoms with Crippen LogP contribution in [0, 0.1) is 0 Å². The molecule has 54 heavy (non-hydrogen) atoms. The van der Waals surface area contributed by atoms with Crippen molar-refractivity contribution in [3.63, 3.8) is 0 Å². The maximum atomic E-state index is 12.4. The van der Waals surface area contributed by atoms with Gasteiger partial charge in [0, 0.05) is 6.42 Å². The lowest BCUT2D eigenvalue weighted by atomic mass is 10.0. The lowest BCUT2D eigenvalue weighted by molar-refractivity contribution is -0.123. The predicted molar refractivity (Wildman–Crippen MR) is 239 cm³/mol. The molecule has 0 saturated heterocycles. The molecular formula is C50H99NO3. The molecule has 0 unspecified atom stereocenters. The molecular weight excluding hydrogens is 663 g/mol. The molecule has 4 heteroatoms. The molecule has 4 nitrogen and oxygen atoms in total. The Morgan fingerprint density at radius 1 is 0.426 bits per heavy atom. The van der Waals surface area contributed by atoms with Gasteiger partial charge in [0.2, 0.25) is 5.91 Å². The number of carbonyl (C=O) groups excluding carboxylic acids is 1. The van der Waals surface area contributed by atoms with Crippen LogP contribution in [0.25, 0.3) is 0 Å². The number of nitrogens with one attached hydrogen (secondary N) is 1. The van der Waals surface area contributed by atoms with Gasteiger partial charge in [0.25, 0.3) is 0 Å². The number of aliphatic hydroxyl groups excluding tert-OH is 2. The number of rotatable bonds is 46. The zero-order valence-corrected chi connectivity index (χ0v) is 37.0. The van der Waals surface area contributed by atoms with Crippen LogP contribution in [0.4, 0.5) is 0 Å². The number of carbonyl (C=O) groups is 1. The zero-order valence-electron chi connectivity index (χ0n) is 37.0. The van der Waals surface area contributed by atoms with Crippen LogP contribution >= 0.6 is 0 Å². The molecule has 0 aliphatic heterocycles. The third-order valence-corrected chi connectivity index (χ3v) is 11.8. The van der Waals surface area contributed by atoms with Gasteiger partial charge >= 0.3 is 0 Å². The van der Waals surface area contributed by atoms with Gasteiger partial charge in [0.05, 0.1) is 18.8 Å². The first-order valence-electron chi connectivity index (χ1n) is 24.9. The van der Waals surface area contributed by atoms with Crippen molar-refractivity contribution in [1.82, 2.24) is 5.32 Å². The Balaban J connectivity index is 3.45. The SMILES string of the molecule is CCCCCCCCCCCCCCCC/C=C/[C@@H](O)[C@H](CO)NC(=O)CCCCCCCCCCCCCCCCCCCCCCCCCCCC. The van der Waals surface area contributed by atoms with Gasteiger partial charge in [-0.25, -0.2) is 0 Å². The Hall–Kier alpha value is -0.870. The zero-order chi connectivity index (χ0) is 39.3. The van der Waals surface area contributed by atoms with E-state index in [1.165, 1.54) is 238 Å². The molecule has 2 atom stereocenters. The van der Waals surface area contributed by atoms with Crippen molar-refractivity contribution in [3.05, 3.63) is 12.2 Å². The van der Waals surface area contributed by atoms with E-state index < -0.39 is 12.1 Å². The van der Waals surface area contributed by atoms with Crippen molar-refractivity contribution in [3.8, 4) is 0 Å². The topological polar surface area (TPSA) is 69.6 Å². The van der Waals surface area contributed by atoms with Gasteiger partial charge < -0.3 is 15.5 Å². The average Bonchev–Trinajstić information content (AvgIpc) is 3.18. The normalized spacial score (nSPS) is 12.9. The van der Waals surface area contributed by atoms with Crippen LogP contribution in [0.1, 0.15) is 284 Å². The molecule has 0 bridgehead atoms. The lowest BCUT2D eigenvalue weighted by Crippen LogP contribution is -2.45. The second-order valence-electron chi connectivity index (χ2n) is 17.2. The molecule has 0 aromatic carbocycles. The maximum Gasteiger partial charge on any atom is 0.220 e. The Bertz CT molecular complexity index is 739. The van der Waals surface area contributed by atoms with Crippen molar-refractivity contribution in [2.45, 2.75) is 296 Å². The second-order valence-corrected chi connectivity index (χ2v) is 17.2. The minimum Gasteiger partial charge on any atom is -0.394 e. The van der Waals surface area contributed by atoms with Gasteiger partial charge in [-0.1, -0.05) is 270 Å². The molecule has 0 radical (unpaired) electrons. The smallest absolute Gasteiger partial charge is 0.220 e. The van der Waals surface area contributed by atoms with Gasteiger partial charge in [-0.3, -0.25) is 4.79 Å². The summed E-state index contributed by atoms with van der Waals surface area (Å²) in [6, 6.07) is -0.617. The summed E-state index contributed by atoms with van der Waals surface area (Å²) in [5, 5.41) is 23.1. The van der Waals surface area contributed by atoms with E-state index in [0.717, 1.165) is 25.7 Å². The third-order valence-electron chi connectivity index (χ3n) is 11.8. The average molecular weight is 762 g/mol.